The number of urea groups is 1. The van der Waals surface area contributed by atoms with Crippen LogP contribution in [0, 0.1) is 0 Å². The quantitative estimate of drug-likeness (QED) is 0.353. The van der Waals surface area contributed by atoms with Crippen molar-refractivity contribution in [1.29, 1.82) is 0 Å². The molecular formula is C26H31Cl2N5O3. The van der Waals surface area contributed by atoms with Crippen LogP contribution in [0.3, 0.4) is 0 Å². The molecule has 3 amide bonds. The van der Waals surface area contributed by atoms with Gasteiger partial charge in [0.2, 0.25) is 5.91 Å². The normalized spacial score (nSPS) is 11.2. The lowest BCUT2D eigenvalue weighted by molar-refractivity contribution is -0.116. The van der Waals surface area contributed by atoms with Crippen molar-refractivity contribution in [3.05, 3.63) is 64.3 Å². The number of rotatable bonds is 8. The number of benzene rings is 2. The zero-order valence-corrected chi connectivity index (χ0v) is 22.6. The molecule has 0 unspecified atom stereocenters. The molecule has 10 heteroatoms. The number of likely N-dealkylation sites (N-methyl/N-ethyl adjacent to an activating group) is 1. The van der Waals surface area contributed by atoms with Crippen molar-refractivity contribution in [3.8, 4) is 11.4 Å². The van der Waals surface area contributed by atoms with E-state index in [4.69, 9.17) is 27.9 Å². The minimum atomic E-state index is -0.409. The van der Waals surface area contributed by atoms with E-state index in [0.717, 1.165) is 5.69 Å². The lowest BCUT2D eigenvalue weighted by Gasteiger charge is -2.22. The number of aromatic nitrogens is 2. The molecule has 0 aliphatic heterocycles. The Morgan fingerprint density at radius 2 is 1.75 bits per heavy atom. The average molecular weight is 532 g/mol. The molecule has 8 nitrogen and oxygen atoms in total. The van der Waals surface area contributed by atoms with Gasteiger partial charge in [-0.3, -0.25) is 4.79 Å². The van der Waals surface area contributed by atoms with Gasteiger partial charge in [0, 0.05) is 18.0 Å². The highest BCUT2D eigenvalue weighted by molar-refractivity contribution is 6.42. The Bertz CT molecular complexity index is 1240. The summed E-state index contributed by atoms with van der Waals surface area (Å²) in [5.74, 6) is 0.655. The Morgan fingerprint density at radius 3 is 2.39 bits per heavy atom. The standard InChI is InChI=1S/C26H31Cl2N5O3/c1-6-32(25(35)29-20-10-8-9-11-21(20)36-7-2)16-24(34)30-23-15-22(26(3,4)5)31-33(23)17-12-13-18(27)19(28)14-17/h8-15H,6-7,16H2,1-5H3,(H,29,35)(H,30,34). The maximum atomic E-state index is 13.0. The summed E-state index contributed by atoms with van der Waals surface area (Å²) in [6, 6.07) is 13.7. The van der Waals surface area contributed by atoms with Crippen LogP contribution in [-0.2, 0) is 10.2 Å². The molecule has 0 atom stereocenters. The third-order valence-corrected chi connectivity index (χ3v) is 6.06. The Balaban J connectivity index is 1.79. The fourth-order valence-electron chi connectivity index (χ4n) is 3.38. The second-order valence-corrected chi connectivity index (χ2v) is 9.91. The number of nitrogens with one attached hydrogen (secondary N) is 2. The van der Waals surface area contributed by atoms with Crippen molar-refractivity contribution in [2.24, 2.45) is 0 Å². The molecule has 1 aromatic heterocycles. The molecule has 36 heavy (non-hydrogen) atoms. The molecule has 0 spiro atoms. The molecule has 192 valence electrons. The highest BCUT2D eigenvalue weighted by Gasteiger charge is 2.23. The molecule has 2 aromatic carbocycles. The number of nitrogens with zero attached hydrogens (tertiary/aromatic N) is 3. The van der Waals surface area contributed by atoms with E-state index in [1.807, 2.05) is 39.8 Å². The Kier molecular flexibility index (Phi) is 8.87. The molecule has 0 aliphatic carbocycles. The van der Waals surface area contributed by atoms with Gasteiger partial charge in [-0.2, -0.15) is 5.10 Å². The first-order chi connectivity index (χ1) is 17.0. The van der Waals surface area contributed by atoms with Gasteiger partial charge >= 0.3 is 6.03 Å². The van der Waals surface area contributed by atoms with E-state index in [1.54, 1.807) is 48.0 Å². The first-order valence-corrected chi connectivity index (χ1v) is 12.4. The summed E-state index contributed by atoms with van der Waals surface area (Å²) in [5.41, 5.74) is 1.70. The fraction of sp³-hybridized carbons (Fsp3) is 0.346. The van der Waals surface area contributed by atoms with Crippen LogP contribution in [-0.4, -0.2) is 46.3 Å². The number of amides is 3. The van der Waals surface area contributed by atoms with E-state index >= 15 is 0 Å². The van der Waals surface area contributed by atoms with Gasteiger partial charge in [-0.25, -0.2) is 9.48 Å². The molecular weight excluding hydrogens is 501 g/mol. The highest BCUT2D eigenvalue weighted by atomic mass is 35.5. The van der Waals surface area contributed by atoms with E-state index < -0.39 is 6.03 Å². The molecule has 0 aliphatic rings. The molecule has 3 rings (SSSR count). The summed E-state index contributed by atoms with van der Waals surface area (Å²) < 4.78 is 7.18. The van der Waals surface area contributed by atoms with Gasteiger partial charge < -0.3 is 20.3 Å². The highest BCUT2D eigenvalue weighted by Crippen LogP contribution is 2.29. The summed E-state index contributed by atoms with van der Waals surface area (Å²) in [6.07, 6.45) is 0. The van der Waals surface area contributed by atoms with E-state index in [0.29, 0.717) is 46.1 Å². The number of carbonyl (C=O) groups is 2. The number of para-hydroxylation sites is 2. The predicted octanol–water partition coefficient (Wildman–Crippen LogP) is 6.37. The van der Waals surface area contributed by atoms with Gasteiger partial charge in [0.1, 0.15) is 18.1 Å². The van der Waals surface area contributed by atoms with Crippen LogP contribution < -0.4 is 15.4 Å². The van der Waals surface area contributed by atoms with Crippen LogP contribution in [0.4, 0.5) is 16.3 Å². The minimum absolute atomic E-state index is 0.156. The molecule has 2 N–H and O–H groups in total. The fourth-order valence-corrected chi connectivity index (χ4v) is 3.67. The number of ether oxygens (including phenoxy) is 1. The van der Waals surface area contributed by atoms with Gasteiger partial charge in [0.25, 0.3) is 0 Å². The van der Waals surface area contributed by atoms with Crippen molar-refractivity contribution in [3.63, 3.8) is 0 Å². The smallest absolute Gasteiger partial charge is 0.322 e. The Labute approximate surface area is 221 Å². The Morgan fingerprint density at radius 1 is 1.03 bits per heavy atom. The Hall–Kier alpha value is -3.23. The topological polar surface area (TPSA) is 88.5 Å². The van der Waals surface area contributed by atoms with E-state index in [-0.39, 0.29) is 17.9 Å². The third-order valence-electron chi connectivity index (χ3n) is 5.32. The summed E-state index contributed by atoms with van der Waals surface area (Å²) in [4.78, 5) is 27.3. The van der Waals surface area contributed by atoms with Crippen molar-refractivity contribution in [2.45, 2.75) is 40.0 Å². The van der Waals surface area contributed by atoms with E-state index in [2.05, 4.69) is 15.7 Å². The largest absolute Gasteiger partial charge is 0.492 e. The summed E-state index contributed by atoms with van der Waals surface area (Å²) in [7, 11) is 0. The van der Waals surface area contributed by atoms with Crippen molar-refractivity contribution in [2.75, 3.05) is 30.3 Å². The van der Waals surface area contributed by atoms with Crippen LogP contribution in [0.1, 0.15) is 40.3 Å². The third kappa shape index (κ3) is 6.71. The molecule has 0 bridgehead atoms. The van der Waals surface area contributed by atoms with Gasteiger partial charge in [0.05, 0.1) is 33.7 Å². The number of halogens is 2. The number of carbonyl (C=O) groups excluding carboxylic acids is 2. The van der Waals surface area contributed by atoms with Crippen LogP contribution in [0.5, 0.6) is 5.75 Å². The van der Waals surface area contributed by atoms with Gasteiger partial charge in [0.15, 0.2) is 0 Å². The monoisotopic (exact) mass is 531 g/mol. The molecule has 3 aromatic rings. The van der Waals surface area contributed by atoms with Crippen molar-refractivity contribution >= 4 is 46.6 Å². The molecule has 0 fully saturated rings. The second kappa shape index (κ2) is 11.7. The van der Waals surface area contributed by atoms with E-state index in [1.165, 1.54) is 4.90 Å². The summed E-state index contributed by atoms with van der Waals surface area (Å²) in [5, 5.41) is 11.2. The van der Waals surface area contributed by atoms with E-state index in [9.17, 15) is 9.59 Å². The maximum Gasteiger partial charge on any atom is 0.322 e. The minimum Gasteiger partial charge on any atom is -0.492 e. The zero-order chi connectivity index (χ0) is 26.5. The molecule has 0 saturated heterocycles. The maximum absolute atomic E-state index is 13.0. The molecule has 1 heterocycles. The first kappa shape index (κ1) is 27.4. The lowest BCUT2D eigenvalue weighted by Crippen LogP contribution is -2.40. The van der Waals surface area contributed by atoms with Gasteiger partial charge in [-0.15, -0.1) is 0 Å². The lowest BCUT2D eigenvalue weighted by atomic mass is 9.92. The number of anilines is 2. The van der Waals surface area contributed by atoms with Crippen molar-refractivity contribution in [1.82, 2.24) is 14.7 Å². The van der Waals surface area contributed by atoms with Crippen LogP contribution >= 0.6 is 23.2 Å². The first-order valence-electron chi connectivity index (χ1n) is 11.7. The number of hydrogen-bond donors (Lipinski definition) is 2. The second-order valence-electron chi connectivity index (χ2n) is 9.10. The van der Waals surface area contributed by atoms with Gasteiger partial charge in [-0.05, 0) is 44.2 Å². The van der Waals surface area contributed by atoms with Gasteiger partial charge in [-0.1, -0.05) is 56.1 Å². The van der Waals surface area contributed by atoms with Crippen LogP contribution in [0.25, 0.3) is 5.69 Å². The van der Waals surface area contributed by atoms with Crippen molar-refractivity contribution < 1.29 is 14.3 Å². The average Bonchev–Trinajstić information content (AvgIpc) is 3.25. The zero-order valence-electron chi connectivity index (χ0n) is 21.1. The summed E-state index contributed by atoms with van der Waals surface area (Å²) in [6.45, 7) is 10.4. The van der Waals surface area contributed by atoms with Crippen LogP contribution in [0.15, 0.2) is 48.5 Å². The summed E-state index contributed by atoms with van der Waals surface area (Å²) >= 11 is 12.3. The predicted molar refractivity (Wildman–Crippen MR) is 145 cm³/mol. The molecule has 0 saturated carbocycles. The SMILES string of the molecule is CCOc1ccccc1NC(=O)N(CC)CC(=O)Nc1cc(C(C)(C)C)nn1-c1ccc(Cl)c(Cl)c1. The number of hydrogen-bond acceptors (Lipinski definition) is 4. The molecule has 0 radical (unpaired) electrons. The van der Waals surface area contributed by atoms with Crippen LogP contribution in [0.2, 0.25) is 10.0 Å².